The second-order valence-electron chi connectivity index (χ2n) is 8.17. The van der Waals surface area contributed by atoms with Crippen molar-refractivity contribution in [3.05, 3.63) is 44.8 Å². The van der Waals surface area contributed by atoms with Gasteiger partial charge < -0.3 is 35.7 Å². The standard InChI is InChI=1S/C20H24NO4S2.BrH/c1-21(2)13-10-12(11-14(21)18-17(13)25-18)24-19(22)20(23-3,15-6-4-8-26-15)16-7-5-9-27-16;/h4-9,12-14,17-18H,10-11H2,1-3H3;1H/q+1;/p-1/t12?,13-,14+,17-,18+;. The van der Waals surface area contributed by atoms with Crippen LogP contribution < -0.4 is 17.0 Å². The Bertz CT molecular complexity index is 784. The van der Waals surface area contributed by atoms with E-state index in [4.69, 9.17) is 14.2 Å². The Balaban J connectivity index is 0.00000192. The molecule has 8 heteroatoms. The minimum atomic E-state index is -1.18. The molecule has 3 aliphatic heterocycles. The molecule has 3 fully saturated rings. The first kappa shape index (κ1) is 20.5. The van der Waals surface area contributed by atoms with E-state index in [-0.39, 0.29) is 29.1 Å². The number of methoxy groups -OCH3 is 1. The van der Waals surface area contributed by atoms with E-state index in [9.17, 15) is 4.79 Å². The number of carbonyl (C=O) groups is 1. The monoisotopic (exact) mass is 485 g/mol. The van der Waals surface area contributed by atoms with Gasteiger partial charge in [-0.2, -0.15) is 0 Å². The Kier molecular flexibility index (Phi) is 5.26. The number of thiophene rings is 2. The number of fused-ring (bicyclic) bond motifs is 5. The number of esters is 1. The van der Waals surface area contributed by atoms with Gasteiger partial charge in [0.25, 0.3) is 0 Å². The summed E-state index contributed by atoms with van der Waals surface area (Å²) in [6, 6.07) is 8.60. The molecule has 5 rings (SSSR count). The molecular formula is C20H24BrNO4S2. The van der Waals surface area contributed by atoms with Gasteiger partial charge in [-0.1, -0.05) is 12.1 Å². The molecule has 152 valence electrons. The summed E-state index contributed by atoms with van der Waals surface area (Å²) in [5.41, 5.74) is -1.18. The quantitative estimate of drug-likeness (QED) is 0.340. The Labute approximate surface area is 183 Å². The van der Waals surface area contributed by atoms with Gasteiger partial charge in [0.15, 0.2) is 0 Å². The summed E-state index contributed by atoms with van der Waals surface area (Å²) >= 11 is 3.04. The molecular weight excluding hydrogens is 462 g/mol. The SMILES string of the molecule is COC(C(=O)OC1C[C@@H]2[C@H]3O[C@H]3[C@H](C1)[N+]2(C)C)(c1cccs1)c1cccs1.[Br-]. The molecule has 0 N–H and O–H groups in total. The lowest BCUT2D eigenvalue weighted by Gasteiger charge is -2.45. The maximum Gasteiger partial charge on any atom is 0.349 e. The van der Waals surface area contributed by atoms with Gasteiger partial charge in [0.05, 0.1) is 23.8 Å². The Morgan fingerprint density at radius 2 is 1.64 bits per heavy atom. The van der Waals surface area contributed by atoms with Crippen molar-refractivity contribution in [2.45, 2.75) is 48.8 Å². The van der Waals surface area contributed by atoms with E-state index in [2.05, 4.69) is 14.1 Å². The second kappa shape index (κ2) is 7.18. The van der Waals surface area contributed by atoms with Crippen molar-refractivity contribution < 1.29 is 40.5 Å². The van der Waals surface area contributed by atoms with Crippen molar-refractivity contribution in [1.29, 1.82) is 0 Å². The summed E-state index contributed by atoms with van der Waals surface area (Å²) < 4.78 is 18.8. The van der Waals surface area contributed by atoms with Gasteiger partial charge in [0.2, 0.25) is 5.60 Å². The molecule has 0 aromatic carbocycles. The highest BCUT2D eigenvalue weighted by molar-refractivity contribution is 7.12. The van der Waals surface area contributed by atoms with Crippen molar-refractivity contribution >= 4 is 28.6 Å². The molecule has 0 amide bonds. The fourth-order valence-corrected chi connectivity index (χ4v) is 6.97. The van der Waals surface area contributed by atoms with Gasteiger partial charge in [-0.25, -0.2) is 4.79 Å². The van der Waals surface area contributed by atoms with E-state index in [0.29, 0.717) is 24.3 Å². The van der Waals surface area contributed by atoms with Gasteiger partial charge in [-0.15, -0.1) is 22.7 Å². The number of rotatable bonds is 5. The van der Waals surface area contributed by atoms with E-state index in [1.54, 1.807) is 7.11 Å². The molecule has 2 aromatic heterocycles. The topological polar surface area (TPSA) is 48.1 Å². The fraction of sp³-hybridized carbons (Fsp3) is 0.550. The molecule has 0 saturated carbocycles. The van der Waals surface area contributed by atoms with Crippen molar-refractivity contribution in [1.82, 2.24) is 0 Å². The number of piperidine rings is 1. The Morgan fingerprint density at radius 1 is 1.11 bits per heavy atom. The minimum absolute atomic E-state index is 0. The van der Waals surface area contributed by atoms with Crippen LogP contribution in [0.25, 0.3) is 0 Å². The van der Waals surface area contributed by atoms with Crippen LogP contribution in [0.3, 0.4) is 0 Å². The summed E-state index contributed by atoms with van der Waals surface area (Å²) in [4.78, 5) is 15.2. The zero-order valence-electron chi connectivity index (χ0n) is 16.0. The van der Waals surface area contributed by atoms with Crippen LogP contribution in [0.15, 0.2) is 35.0 Å². The number of morpholine rings is 1. The van der Waals surface area contributed by atoms with Crippen molar-refractivity contribution in [2.24, 2.45) is 0 Å². The third kappa shape index (κ3) is 2.84. The largest absolute Gasteiger partial charge is 1.00 e. The van der Waals surface area contributed by atoms with Crippen LogP contribution in [-0.2, 0) is 24.6 Å². The number of ether oxygens (including phenoxy) is 3. The van der Waals surface area contributed by atoms with Crippen LogP contribution in [0, 0.1) is 0 Å². The number of carbonyl (C=O) groups excluding carboxylic acids is 1. The molecule has 5 nitrogen and oxygen atoms in total. The van der Waals surface area contributed by atoms with Crippen molar-refractivity contribution in [3.8, 4) is 0 Å². The first-order valence-corrected chi connectivity index (χ1v) is 11.1. The van der Waals surface area contributed by atoms with E-state index < -0.39 is 5.60 Å². The Morgan fingerprint density at radius 3 is 2.07 bits per heavy atom. The van der Waals surface area contributed by atoms with Crippen LogP contribution in [0.2, 0.25) is 0 Å². The molecule has 2 bridgehead atoms. The van der Waals surface area contributed by atoms with Crippen LogP contribution in [0.5, 0.6) is 0 Å². The molecule has 5 heterocycles. The summed E-state index contributed by atoms with van der Waals surface area (Å²) in [6.45, 7) is 0. The maximum absolute atomic E-state index is 13.5. The predicted octanol–water partition coefficient (Wildman–Crippen LogP) is 0.00380. The number of likely N-dealkylation sites (N-methyl/N-ethyl adjacent to an activating group) is 1. The lowest BCUT2D eigenvalue weighted by Crippen LogP contribution is -3.00. The van der Waals surface area contributed by atoms with Gasteiger partial charge in [0, 0.05) is 20.0 Å². The second-order valence-corrected chi connectivity index (χ2v) is 10.1. The van der Waals surface area contributed by atoms with Crippen LogP contribution >= 0.6 is 22.7 Å². The third-order valence-corrected chi connectivity index (χ3v) is 8.58. The van der Waals surface area contributed by atoms with Crippen LogP contribution in [-0.4, -0.2) is 62.1 Å². The lowest BCUT2D eigenvalue weighted by atomic mass is 9.95. The summed E-state index contributed by atoms with van der Waals surface area (Å²) in [7, 11) is 6.15. The highest BCUT2D eigenvalue weighted by Crippen LogP contribution is 2.52. The van der Waals surface area contributed by atoms with Gasteiger partial charge in [-0.05, 0) is 22.9 Å². The molecule has 3 saturated heterocycles. The van der Waals surface area contributed by atoms with E-state index in [1.807, 2.05) is 35.0 Å². The first-order chi connectivity index (χ1) is 13.0. The zero-order valence-corrected chi connectivity index (χ0v) is 19.3. The molecule has 28 heavy (non-hydrogen) atoms. The highest BCUT2D eigenvalue weighted by atomic mass is 79.9. The van der Waals surface area contributed by atoms with Gasteiger partial charge >= 0.3 is 5.97 Å². The molecule has 3 aliphatic rings. The number of nitrogens with zero attached hydrogens (tertiary/aromatic N) is 1. The molecule has 1 unspecified atom stereocenters. The minimum Gasteiger partial charge on any atom is -1.00 e. The number of hydrogen-bond donors (Lipinski definition) is 0. The summed E-state index contributed by atoms with van der Waals surface area (Å²) in [5.74, 6) is -0.305. The van der Waals surface area contributed by atoms with Crippen molar-refractivity contribution in [2.75, 3.05) is 21.2 Å². The normalized spacial score (nSPS) is 32.3. The van der Waals surface area contributed by atoms with Gasteiger partial charge in [-0.3, -0.25) is 0 Å². The zero-order chi connectivity index (χ0) is 18.8. The number of epoxide rings is 1. The molecule has 0 aliphatic carbocycles. The van der Waals surface area contributed by atoms with Crippen molar-refractivity contribution in [3.63, 3.8) is 0 Å². The van der Waals surface area contributed by atoms with E-state index in [1.165, 1.54) is 22.7 Å². The molecule has 0 spiro atoms. The number of halogens is 1. The smallest absolute Gasteiger partial charge is 0.349 e. The van der Waals surface area contributed by atoms with Crippen LogP contribution in [0.4, 0.5) is 0 Å². The Hall–Kier alpha value is -0.770. The summed E-state index contributed by atoms with van der Waals surface area (Å²) in [5, 5.41) is 3.94. The average Bonchev–Trinajstić information content (AvgIpc) is 3.00. The average molecular weight is 486 g/mol. The third-order valence-electron chi connectivity index (χ3n) is 6.64. The molecule has 0 radical (unpaired) electrons. The highest BCUT2D eigenvalue weighted by Gasteiger charge is 2.71. The lowest BCUT2D eigenvalue weighted by molar-refractivity contribution is -0.938. The first-order valence-electron chi connectivity index (χ1n) is 9.31. The fourth-order valence-electron chi connectivity index (χ4n) is 5.10. The summed E-state index contributed by atoms with van der Waals surface area (Å²) in [6.07, 6.45) is 2.31. The van der Waals surface area contributed by atoms with E-state index >= 15 is 0 Å². The predicted molar refractivity (Wildman–Crippen MR) is 104 cm³/mol. The van der Waals surface area contributed by atoms with Gasteiger partial charge in [0.1, 0.15) is 30.4 Å². The number of quaternary nitrogens is 1. The molecule has 5 atom stereocenters. The maximum atomic E-state index is 13.5. The van der Waals surface area contributed by atoms with Crippen LogP contribution in [0.1, 0.15) is 22.6 Å². The van der Waals surface area contributed by atoms with E-state index in [0.717, 1.165) is 27.1 Å². The molecule has 2 aromatic rings. The number of hydrogen-bond acceptors (Lipinski definition) is 6.